The number of nitrogens with zero attached hydrogens (tertiary/aromatic N) is 1. The summed E-state index contributed by atoms with van der Waals surface area (Å²) in [5, 5.41) is 11.3. The molecule has 2 rings (SSSR count). The number of nitro groups is 1. The van der Waals surface area contributed by atoms with Gasteiger partial charge >= 0.3 is 0 Å². The molecule has 0 aliphatic rings. The van der Waals surface area contributed by atoms with Crippen LogP contribution in [0.3, 0.4) is 0 Å². The lowest BCUT2D eigenvalue weighted by Gasteiger charge is -2.06. The Kier molecular flexibility index (Phi) is 5.53. The summed E-state index contributed by atoms with van der Waals surface area (Å²) in [6.07, 6.45) is 0.546. The van der Waals surface area contributed by atoms with Gasteiger partial charge in [-0.2, -0.15) is 0 Å². The van der Waals surface area contributed by atoms with Gasteiger partial charge in [-0.15, -0.1) is 0 Å². The summed E-state index contributed by atoms with van der Waals surface area (Å²) in [4.78, 5) is 10.3. The number of hydrogen-bond acceptors (Lipinski definition) is 3. The van der Waals surface area contributed by atoms with Gasteiger partial charge in [0.2, 0.25) is 0 Å². The Bertz CT molecular complexity index is 597. The van der Waals surface area contributed by atoms with Gasteiger partial charge in [-0.1, -0.05) is 31.2 Å². The predicted molar refractivity (Wildman–Crippen MR) is 80.6 cm³/mol. The van der Waals surface area contributed by atoms with E-state index in [9.17, 15) is 10.1 Å². The zero-order chi connectivity index (χ0) is 13.8. The molecule has 0 aliphatic heterocycles. The number of ether oxygens (including phenoxy) is 1. The van der Waals surface area contributed by atoms with E-state index in [2.05, 4.69) is 0 Å². The van der Waals surface area contributed by atoms with Crippen LogP contribution in [0.2, 0.25) is 5.02 Å². The molecule has 0 unspecified atom stereocenters. The standard InChI is InChI=1S/C14H12ClNO3.CH4/c1-19-13-5-2-10(3-6-13)8-11-9-12(16(17)18)4-7-14(11)15;/h2-7,9H,8H2,1H3;1H4. The number of nitro benzene ring substituents is 1. The van der Waals surface area contributed by atoms with Crippen LogP contribution in [-0.4, -0.2) is 12.0 Å². The number of non-ortho nitro benzene ring substituents is 1. The summed E-state index contributed by atoms with van der Waals surface area (Å²) < 4.78 is 5.08. The molecule has 0 aromatic heterocycles. The maximum Gasteiger partial charge on any atom is 0.269 e. The molecule has 4 nitrogen and oxygen atoms in total. The van der Waals surface area contributed by atoms with E-state index in [0.29, 0.717) is 11.4 Å². The number of halogens is 1. The third-order valence-electron chi connectivity index (χ3n) is 2.79. The van der Waals surface area contributed by atoms with Crippen LogP contribution in [0, 0.1) is 10.1 Å². The van der Waals surface area contributed by atoms with Crippen molar-refractivity contribution in [2.75, 3.05) is 7.11 Å². The van der Waals surface area contributed by atoms with Crippen LogP contribution in [0.4, 0.5) is 5.69 Å². The zero-order valence-corrected chi connectivity index (χ0v) is 11.1. The fraction of sp³-hybridized carbons (Fsp3) is 0.200. The molecular formula is C15H16ClNO3. The van der Waals surface area contributed by atoms with Crippen molar-refractivity contribution >= 4 is 17.3 Å². The van der Waals surface area contributed by atoms with E-state index >= 15 is 0 Å². The quantitative estimate of drug-likeness (QED) is 0.617. The molecule has 0 bridgehead atoms. The molecule has 0 saturated carbocycles. The van der Waals surface area contributed by atoms with Gasteiger partial charge in [0.15, 0.2) is 0 Å². The fourth-order valence-electron chi connectivity index (χ4n) is 1.77. The maximum absolute atomic E-state index is 10.7. The number of rotatable bonds is 4. The normalized spacial score (nSPS) is 9.70. The minimum Gasteiger partial charge on any atom is -0.497 e. The predicted octanol–water partition coefficient (Wildman–Crippen LogP) is 4.48. The summed E-state index contributed by atoms with van der Waals surface area (Å²) in [6, 6.07) is 12.0. The molecule has 106 valence electrons. The molecule has 2 aromatic carbocycles. The minimum absolute atomic E-state index is 0. The van der Waals surface area contributed by atoms with Gasteiger partial charge in [-0.25, -0.2) is 0 Å². The molecule has 2 aromatic rings. The third kappa shape index (κ3) is 3.71. The Hall–Kier alpha value is -2.07. The summed E-state index contributed by atoms with van der Waals surface area (Å²) in [6.45, 7) is 0. The monoisotopic (exact) mass is 293 g/mol. The van der Waals surface area contributed by atoms with E-state index in [1.165, 1.54) is 12.1 Å². The average Bonchev–Trinajstić information content (AvgIpc) is 2.42. The second kappa shape index (κ2) is 6.91. The highest BCUT2D eigenvalue weighted by atomic mass is 35.5. The molecule has 0 amide bonds. The van der Waals surface area contributed by atoms with Gasteiger partial charge in [-0.3, -0.25) is 10.1 Å². The molecule has 0 aliphatic carbocycles. The Balaban J connectivity index is 0.00000200. The Morgan fingerprint density at radius 1 is 1.20 bits per heavy atom. The van der Waals surface area contributed by atoms with Crippen LogP contribution in [0.25, 0.3) is 0 Å². The van der Waals surface area contributed by atoms with E-state index < -0.39 is 4.92 Å². The Morgan fingerprint density at radius 2 is 1.85 bits per heavy atom. The lowest BCUT2D eigenvalue weighted by molar-refractivity contribution is -0.384. The SMILES string of the molecule is C.COc1ccc(Cc2cc([N+](=O)[O-])ccc2Cl)cc1. The molecule has 0 N–H and O–H groups in total. The number of hydrogen-bond donors (Lipinski definition) is 0. The molecule has 0 atom stereocenters. The molecule has 0 radical (unpaired) electrons. The fourth-order valence-corrected chi connectivity index (χ4v) is 1.96. The molecule has 5 heteroatoms. The van der Waals surface area contributed by atoms with Crippen LogP contribution in [-0.2, 0) is 6.42 Å². The first-order valence-electron chi connectivity index (χ1n) is 5.66. The molecule has 0 heterocycles. The van der Waals surface area contributed by atoms with Crippen molar-refractivity contribution in [1.29, 1.82) is 0 Å². The van der Waals surface area contributed by atoms with Gasteiger partial charge in [-0.05, 0) is 35.7 Å². The topological polar surface area (TPSA) is 52.4 Å². The summed E-state index contributed by atoms with van der Waals surface area (Å²) in [7, 11) is 1.60. The largest absolute Gasteiger partial charge is 0.497 e. The van der Waals surface area contributed by atoms with E-state index in [4.69, 9.17) is 16.3 Å². The lowest BCUT2D eigenvalue weighted by atomic mass is 10.0. The van der Waals surface area contributed by atoms with Crippen LogP contribution in [0.5, 0.6) is 5.75 Å². The van der Waals surface area contributed by atoms with Crippen LogP contribution in [0.1, 0.15) is 18.6 Å². The van der Waals surface area contributed by atoms with Crippen molar-refractivity contribution in [2.45, 2.75) is 13.8 Å². The van der Waals surface area contributed by atoms with Gasteiger partial charge in [0.25, 0.3) is 5.69 Å². The van der Waals surface area contributed by atoms with Crippen molar-refractivity contribution in [3.63, 3.8) is 0 Å². The summed E-state index contributed by atoms with van der Waals surface area (Å²) in [5.74, 6) is 0.772. The van der Waals surface area contributed by atoms with Gasteiger partial charge in [0.05, 0.1) is 12.0 Å². The molecule has 0 fully saturated rings. The van der Waals surface area contributed by atoms with Gasteiger partial charge < -0.3 is 4.74 Å². The van der Waals surface area contributed by atoms with Gasteiger partial charge in [0, 0.05) is 17.2 Å². The van der Waals surface area contributed by atoms with E-state index in [1.54, 1.807) is 13.2 Å². The highest BCUT2D eigenvalue weighted by Crippen LogP contribution is 2.25. The van der Waals surface area contributed by atoms with Crippen LogP contribution in [0.15, 0.2) is 42.5 Å². The highest BCUT2D eigenvalue weighted by molar-refractivity contribution is 6.31. The lowest BCUT2D eigenvalue weighted by Crippen LogP contribution is -1.93. The minimum atomic E-state index is -0.423. The van der Waals surface area contributed by atoms with Crippen LogP contribution < -0.4 is 4.74 Å². The summed E-state index contributed by atoms with van der Waals surface area (Å²) in [5.41, 5.74) is 1.80. The van der Waals surface area contributed by atoms with Crippen molar-refractivity contribution in [3.8, 4) is 5.75 Å². The van der Waals surface area contributed by atoms with Crippen molar-refractivity contribution < 1.29 is 9.66 Å². The Labute approximate surface area is 123 Å². The van der Waals surface area contributed by atoms with E-state index in [-0.39, 0.29) is 13.1 Å². The van der Waals surface area contributed by atoms with Crippen molar-refractivity contribution in [1.82, 2.24) is 0 Å². The van der Waals surface area contributed by atoms with Gasteiger partial charge in [0.1, 0.15) is 5.75 Å². The average molecular weight is 294 g/mol. The first-order valence-corrected chi connectivity index (χ1v) is 6.03. The van der Waals surface area contributed by atoms with Crippen molar-refractivity contribution in [2.24, 2.45) is 0 Å². The molecule has 20 heavy (non-hydrogen) atoms. The van der Waals surface area contributed by atoms with Crippen LogP contribution >= 0.6 is 11.6 Å². The third-order valence-corrected chi connectivity index (χ3v) is 3.16. The second-order valence-electron chi connectivity index (χ2n) is 4.06. The molecular weight excluding hydrogens is 278 g/mol. The second-order valence-corrected chi connectivity index (χ2v) is 4.46. The first-order chi connectivity index (χ1) is 9.10. The van der Waals surface area contributed by atoms with E-state index in [1.807, 2.05) is 24.3 Å². The van der Waals surface area contributed by atoms with E-state index in [0.717, 1.165) is 16.9 Å². The number of benzene rings is 2. The summed E-state index contributed by atoms with van der Waals surface area (Å²) >= 11 is 6.06. The molecule has 0 spiro atoms. The molecule has 0 saturated heterocycles. The highest BCUT2D eigenvalue weighted by Gasteiger charge is 2.10. The first kappa shape index (κ1) is 16.0. The Morgan fingerprint density at radius 3 is 2.40 bits per heavy atom. The maximum atomic E-state index is 10.7. The van der Waals surface area contributed by atoms with Crippen molar-refractivity contribution in [3.05, 3.63) is 68.7 Å². The zero-order valence-electron chi connectivity index (χ0n) is 10.3. The smallest absolute Gasteiger partial charge is 0.269 e. The number of methoxy groups -OCH3 is 1.